The van der Waals surface area contributed by atoms with Gasteiger partial charge in [0.2, 0.25) is 11.8 Å². The Hall–Kier alpha value is -2.77. The minimum atomic E-state index is -0.950. The summed E-state index contributed by atoms with van der Waals surface area (Å²) in [4.78, 5) is 27.8. The molecular formula is C22H24N4O2S. The van der Waals surface area contributed by atoms with Gasteiger partial charge >= 0.3 is 0 Å². The number of rotatable bonds is 4. The normalized spacial score (nSPS) is 22.3. The molecule has 2 atom stereocenters. The Labute approximate surface area is 175 Å². The van der Waals surface area contributed by atoms with Gasteiger partial charge in [-0.25, -0.2) is 0 Å². The zero-order valence-electron chi connectivity index (χ0n) is 16.6. The highest BCUT2D eigenvalue weighted by molar-refractivity contribution is 8.03. The molecule has 2 aliphatic rings. The first kappa shape index (κ1) is 21.0. The van der Waals surface area contributed by atoms with E-state index in [-0.39, 0.29) is 5.91 Å². The lowest BCUT2D eigenvalue weighted by atomic mass is 9.72. The van der Waals surface area contributed by atoms with Crippen LogP contribution in [-0.4, -0.2) is 29.8 Å². The number of thioether (sulfide) groups is 1. The zero-order chi connectivity index (χ0) is 21.0. The number of piperidine rings is 1. The largest absolute Gasteiger partial charge is 0.341 e. The molecule has 1 N–H and O–H groups in total. The number of nitrogens with zero attached hydrogens (tertiary/aromatic N) is 3. The van der Waals surface area contributed by atoms with Crippen molar-refractivity contribution in [2.75, 3.05) is 13.1 Å². The maximum atomic E-state index is 13.4. The maximum absolute atomic E-state index is 13.4. The van der Waals surface area contributed by atoms with Gasteiger partial charge < -0.3 is 10.2 Å². The van der Waals surface area contributed by atoms with Crippen LogP contribution in [0.25, 0.3) is 0 Å². The number of carbonyl (C=O) groups is 2. The SMILES string of the molecule is CC1(C)C(C#N)=C(S[C@@H](C(=O)N2CCCCC2)c2ccccc2)NC(=O)[C@H]1C#N. The molecule has 0 radical (unpaired) electrons. The van der Waals surface area contributed by atoms with Crippen molar-refractivity contribution >= 4 is 23.6 Å². The summed E-state index contributed by atoms with van der Waals surface area (Å²) in [5.41, 5.74) is 0.234. The summed E-state index contributed by atoms with van der Waals surface area (Å²) in [5.74, 6) is -1.40. The molecule has 2 heterocycles. The molecule has 1 aromatic rings. The number of allylic oxidation sites excluding steroid dienone is 1. The van der Waals surface area contributed by atoms with Crippen LogP contribution in [0.4, 0.5) is 0 Å². The van der Waals surface area contributed by atoms with Crippen LogP contribution in [0.2, 0.25) is 0 Å². The molecule has 2 amide bonds. The molecule has 0 spiro atoms. The molecule has 3 rings (SSSR count). The summed E-state index contributed by atoms with van der Waals surface area (Å²) in [6, 6.07) is 13.6. The molecule has 7 heteroatoms. The molecule has 2 aliphatic heterocycles. The fraction of sp³-hybridized carbons (Fsp3) is 0.455. The lowest BCUT2D eigenvalue weighted by molar-refractivity contribution is -0.131. The van der Waals surface area contributed by atoms with Crippen molar-refractivity contribution in [3.8, 4) is 12.1 Å². The van der Waals surface area contributed by atoms with Gasteiger partial charge in [-0.1, -0.05) is 55.9 Å². The molecule has 0 saturated carbocycles. The summed E-state index contributed by atoms with van der Waals surface area (Å²) >= 11 is 1.20. The standard InChI is InChI=1S/C22H24N4O2S/c1-22(2)16(13-23)19(27)25-20(17(22)14-24)29-18(15-9-5-3-6-10-15)21(28)26-11-7-4-8-12-26/h3,5-6,9-10,16,18H,4,7-8,11-12H2,1-2H3,(H,25,27)/t16-,18-/m1/s1. The summed E-state index contributed by atoms with van der Waals surface area (Å²) in [5, 5.41) is 21.7. The first-order chi connectivity index (χ1) is 13.9. The van der Waals surface area contributed by atoms with Gasteiger partial charge in [0.1, 0.15) is 11.2 Å². The maximum Gasteiger partial charge on any atom is 0.243 e. The average molecular weight is 409 g/mol. The van der Waals surface area contributed by atoms with Gasteiger partial charge in [-0.05, 0) is 24.8 Å². The number of amides is 2. The predicted octanol–water partition coefficient (Wildman–Crippen LogP) is 3.50. The lowest BCUT2D eigenvalue weighted by Crippen LogP contribution is -2.45. The first-order valence-corrected chi connectivity index (χ1v) is 10.6. The Morgan fingerprint density at radius 2 is 1.86 bits per heavy atom. The highest BCUT2D eigenvalue weighted by atomic mass is 32.2. The van der Waals surface area contributed by atoms with E-state index in [1.165, 1.54) is 11.8 Å². The molecule has 1 fully saturated rings. The Morgan fingerprint density at radius 3 is 2.45 bits per heavy atom. The van der Waals surface area contributed by atoms with Gasteiger partial charge in [0.15, 0.2) is 0 Å². The van der Waals surface area contributed by atoms with Crippen molar-refractivity contribution in [3.05, 3.63) is 46.5 Å². The summed E-state index contributed by atoms with van der Waals surface area (Å²) in [6.45, 7) is 4.90. The molecule has 1 saturated heterocycles. The minimum Gasteiger partial charge on any atom is -0.341 e. The topological polar surface area (TPSA) is 97.0 Å². The van der Waals surface area contributed by atoms with Crippen LogP contribution < -0.4 is 5.32 Å². The van der Waals surface area contributed by atoms with Gasteiger partial charge in [-0.2, -0.15) is 10.5 Å². The van der Waals surface area contributed by atoms with E-state index in [0.29, 0.717) is 10.6 Å². The zero-order valence-corrected chi connectivity index (χ0v) is 17.5. The highest BCUT2D eigenvalue weighted by Gasteiger charge is 2.45. The second-order valence-corrected chi connectivity index (χ2v) is 9.00. The van der Waals surface area contributed by atoms with E-state index >= 15 is 0 Å². The van der Waals surface area contributed by atoms with E-state index in [1.807, 2.05) is 41.3 Å². The number of hydrogen-bond donors (Lipinski definition) is 1. The Balaban J connectivity index is 2.00. The second-order valence-electron chi connectivity index (χ2n) is 7.88. The number of nitrogens with one attached hydrogen (secondary N) is 1. The van der Waals surface area contributed by atoms with Crippen molar-refractivity contribution in [1.29, 1.82) is 10.5 Å². The summed E-state index contributed by atoms with van der Waals surface area (Å²) in [6.07, 6.45) is 3.09. The third kappa shape index (κ3) is 4.16. The molecule has 0 unspecified atom stereocenters. The van der Waals surface area contributed by atoms with Gasteiger partial charge in [0.05, 0.1) is 22.7 Å². The van der Waals surface area contributed by atoms with Gasteiger partial charge in [0, 0.05) is 18.5 Å². The Bertz CT molecular complexity index is 905. The third-order valence-electron chi connectivity index (χ3n) is 5.56. The van der Waals surface area contributed by atoms with E-state index in [4.69, 9.17) is 0 Å². The van der Waals surface area contributed by atoms with Gasteiger partial charge in [0.25, 0.3) is 0 Å². The number of nitriles is 2. The number of benzene rings is 1. The molecular weight excluding hydrogens is 384 g/mol. The Kier molecular flexibility index (Phi) is 6.30. The van der Waals surface area contributed by atoms with Gasteiger partial charge in [-0.15, -0.1) is 0 Å². The number of likely N-dealkylation sites (tertiary alicyclic amines) is 1. The van der Waals surface area contributed by atoms with Crippen molar-refractivity contribution in [3.63, 3.8) is 0 Å². The quantitative estimate of drug-likeness (QED) is 0.822. The molecule has 6 nitrogen and oxygen atoms in total. The predicted molar refractivity (Wildman–Crippen MR) is 111 cm³/mol. The number of carbonyl (C=O) groups excluding carboxylic acids is 2. The molecule has 1 aromatic carbocycles. The molecule has 0 aromatic heterocycles. The van der Waals surface area contributed by atoms with Crippen LogP contribution in [0.1, 0.15) is 43.9 Å². The first-order valence-electron chi connectivity index (χ1n) is 9.76. The third-order valence-corrected chi connectivity index (χ3v) is 6.81. The lowest BCUT2D eigenvalue weighted by Gasteiger charge is -2.36. The van der Waals surface area contributed by atoms with Crippen molar-refractivity contribution in [2.45, 2.75) is 38.4 Å². The molecule has 0 bridgehead atoms. The Morgan fingerprint density at radius 1 is 1.21 bits per heavy atom. The molecule has 29 heavy (non-hydrogen) atoms. The van der Waals surface area contributed by atoms with Crippen LogP contribution in [0.15, 0.2) is 40.9 Å². The molecule has 150 valence electrons. The van der Waals surface area contributed by atoms with E-state index < -0.39 is 22.5 Å². The van der Waals surface area contributed by atoms with Crippen molar-refractivity contribution in [1.82, 2.24) is 10.2 Å². The van der Waals surface area contributed by atoms with Crippen LogP contribution in [0, 0.1) is 34.0 Å². The van der Waals surface area contributed by atoms with E-state index in [1.54, 1.807) is 13.8 Å². The molecule has 0 aliphatic carbocycles. The summed E-state index contributed by atoms with van der Waals surface area (Å²) < 4.78 is 0. The van der Waals surface area contributed by atoms with Gasteiger partial charge in [-0.3, -0.25) is 9.59 Å². The second kappa shape index (κ2) is 8.71. The fourth-order valence-electron chi connectivity index (χ4n) is 3.80. The number of hydrogen-bond acceptors (Lipinski definition) is 5. The summed E-state index contributed by atoms with van der Waals surface area (Å²) in [7, 11) is 0. The van der Waals surface area contributed by atoms with Crippen LogP contribution in [-0.2, 0) is 9.59 Å². The monoisotopic (exact) mass is 408 g/mol. The average Bonchev–Trinajstić information content (AvgIpc) is 2.72. The smallest absolute Gasteiger partial charge is 0.243 e. The van der Waals surface area contributed by atoms with Crippen molar-refractivity contribution < 1.29 is 9.59 Å². The van der Waals surface area contributed by atoms with E-state index in [2.05, 4.69) is 11.4 Å². The van der Waals surface area contributed by atoms with E-state index in [9.17, 15) is 20.1 Å². The van der Waals surface area contributed by atoms with Crippen LogP contribution >= 0.6 is 11.8 Å². The van der Waals surface area contributed by atoms with Crippen LogP contribution in [0.3, 0.4) is 0 Å². The van der Waals surface area contributed by atoms with E-state index in [0.717, 1.165) is 37.9 Å². The fourth-order valence-corrected chi connectivity index (χ4v) is 5.17. The highest BCUT2D eigenvalue weighted by Crippen LogP contribution is 2.45. The minimum absolute atomic E-state index is 0.0137. The van der Waals surface area contributed by atoms with Crippen molar-refractivity contribution in [2.24, 2.45) is 11.3 Å². The van der Waals surface area contributed by atoms with Crippen LogP contribution in [0.5, 0.6) is 0 Å².